The highest BCUT2D eigenvalue weighted by molar-refractivity contribution is 7.13. The molecule has 7 heteroatoms. The maximum atomic E-state index is 4.66. The summed E-state index contributed by atoms with van der Waals surface area (Å²) in [6, 6.07) is 13.9. The van der Waals surface area contributed by atoms with Crippen LogP contribution in [0.4, 0.5) is 0 Å². The van der Waals surface area contributed by atoms with Crippen molar-refractivity contribution in [3.63, 3.8) is 0 Å². The molecule has 4 aromatic heterocycles. The molecular formula is C16H10N6S. The molecule has 0 N–H and O–H groups in total. The van der Waals surface area contributed by atoms with Crippen LogP contribution in [-0.2, 0) is 0 Å². The van der Waals surface area contributed by atoms with E-state index in [4.69, 9.17) is 0 Å². The normalized spacial score (nSPS) is 11.5. The number of hydrogen-bond acceptors (Lipinski definition) is 5. The standard InChI is InChI=1S/C16H10N6S/c1-2-5-11(6-3-1)22-15-12(9-18-22)16-19-14(13-7-4-8-23-13)20-21(16)10-17-15/h1-10H. The first kappa shape index (κ1) is 12.5. The van der Waals surface area contributed by atoms with Gasteiger partial charge in [0.25, 0.3) is 0 Å². The first-order valence-electron chi connectivity index (χ1n) is 7.08. The Bertz CT molecular complexity index is 1110. The zero-order valence-electron chi connectivity index (χ0n) is 11.9. The molecule has 0 unspecified atom stereocenters. The quantitative estimate of drug-likeness (QED) is 0.501. The van der Waals surface area contributed by atoms with Crippen molar-refractivity contribution in [1.82, 2.24) is 29.4 Å². The lowest BCUT2D eigenvalue weighted by Crippen LogP contribution is -1.98. The van der Waals surface area contributed by atoms with Crippen molar-refractivity contribution in [1.29, 1.82) is 0 Å². The second-order valence-corrected chi connectivity index (χ2v) is 6.00. The molecule has 0 bridgehead atoms. The molecule has 23 heavy (non-hydrogen) atoms. The summed E-state index contributed by atoms with van der Waals surface area (Å²) in [7, 11) is 0. The zero-order valence-corrected chi connectivity index (χ0v) is 12.7. The number of fused-ring (bicyclic) bond motifs is 3. The molecule has 0 aliphatic carbocycles. The highest BCUT2D eigenvalue weighted by Crippen LogP contribution is 2.24. The predicted octanol–water partition coefficient (Wildman–Crippen LogP) is 3.19. The van der Waals surface area contributed by atoms with E-state index < -0.39 is 0 Å². The van der Waals surface area contributed by atoms with Crippen molar-refractivity contribution in [2.45, 2.75) is 0 Å². The van der Waals surface area contributed by atoms with Gasteiger partial charge in [-0.25, -0.2) is 19.2 Å². The van der Waals surface area contributed by atoms with Gasteiger partial charge in [0.1, 0.15) is 6.33 Å². The van der Waals surface area contributed by atoms with Gasteiger partial charge in [0.05, 0.1) is 22.1 Å². The fourth-order valence-electron chi connectivity index (χ4n) is 2.59. The van der Waals surface area contributed by atoms with Gasteiger partial charge in [-0.15, -0.1) is 16.4 Å². The summed E-state index contributed by atoms with van der Waals surface area (Å²) in [6.45, 7) is 0. The lowest BCUT2D eigenvalue weighted by molar-refractivity contribution is 0.883. The Hall–Kier alpha value is -3.06. The van der Waals surface area contributed by atoms with Crippen LogP contribution in [0.5, 0.6) is 0 Å². The SMILES string of the molecule is c1ccc(-n2ncc3c2ncn2nc(-c4cccs4)nc32)cc1. The van der Waals surface area contributed by atoms with Gasteiger partial charge < -0.3 is 0 Å². The second-order valence-electron chi connectivity index (χ2n) is 5.05. The number of nitrogens with zero attached hydrogens (tertiary/aromatic N) is 6. The van der Waals surface area contributed by atoms with E-state index in [0.717, 1.165) is 27.2 Å². The minimum absolute atomic E-state index is 0.710. The molecule has 0 saturated heterocycles. The molecule has 5 rings (SSSR count). The summed E-state index contributed by atoms with van der Waals surface area (Å²) in [5.41, 5.74) is 2.51. The molecule has 0 atom stereocenters. The molecule has 0 amide bonds. The summed E-state index contributed by atoms with van der Waals surface area (Å²) in [6.07, 6.45) is 3.47. The molecule has 0 saturated carbocycles. The zero-order chi connectivity index (χ0) is 15.2. The van der Waals surface area contributed by atoms with Crippen LogP contribution >= 0.6 is 11.3 Å². The summed E-state index contributed by atoms with van der Waals surface area (Å²) in [5.74, 6) is 0.710. The highest BCUT2D eigenvalue weighted by atomic mass is 32.1. The van der Waals surface area contributed by atoms with Crippen LogP contribution in [-0.4, -0.2) is 29.4 Å². The first-order valence-corrected chi connectivity index (χ1v) is 7.96. The van der Waals surface area contributed by atoms with Gasteiger partial charge >= 0.3 is 0 Å². The van der Waals surface area contributed by atoms with Crippen molar-refractivity contribution in [3.05, 3.63) is 60.4 Å². The average molecular weight is 318 g/mol. The number of thiophene rings is 1. The molecule has 0 fully saturated rings. The molecule has 110 valence electrons. The molecule has 0 aliphatic rings. The number of benzene rings is 1. The Morgan fingerprint density at radius 1 is 0.957 bits per heavy atom. The van der Waals surface area contributed by atoms with Crippen molar-refractivity contribution < 1.29 is 0 Å². The maximum absolute atomic E-state index is 4.66. The number of rotatable bonds is 2. The lowest BCUT2D eigenvalue weighted by atomic mass is 10.3. The van der Waals surface area contributed by atoms with Gasteiger partial charge in [-0.1, -0.05) is 24.3 Å². The van der Waals surface area contributed by atoms with Crippen molar-refractivity contribution in [2.75, 3.05) is 0 Å². The molecule has 0 aliphatic heterocycles. The lowest BCUT2D eigenvalue weighted by Gasteiger charge is -2.01. The molecule has 1 aromatic carbocycles. The van der Waals surface area contributed by atoms with E-state index in [-0.39, 0.29) is 0 Å². The van der Waals surface area contributed by atoms with Gasteiger partial charge in [-0.05, 0) is 23.6 Å². The van der Waals surface area contributed by atoms with Crippen molar-refractivity contribution in [3.8, 4) is 16.4 Å². The van der Waals surface area contributed by atoms with E-state index in [1.54, 1.807) is 28.4 Å². The van der Waals surface area contributed by atoms with Crippen LogP contribution in [0.3, 0.4) is 0 Å². The van der Waals surface area contributed by atoms with E-state index in [1.807, 2.05) is 52.5 Å². The fraction of sp³-hybridized carbons (Fsp3) is 0. The Labute approximate surface area is 134 Å². The molecule has 6 nitrogen and oxygen atoms in total. The Morgan fingerprint density at radius 3 is 2.70 bits per heavy atom. The smallest absolute Gasteiger partial charge is 0.192 e. The Balaban J connectivity index is 1.76. The topological polar surface area (TPSA) is 60.9 Å². The summed E-state index contributed by atoms with van der Waals surface area (Å²) < 4.78 is 3.52. The Kier molecular flexibility index (Phi) is 2.56. The monoisotopic (exact) mass is 318 g/mol. The van der Waals surface area contributed by atoms with Gasteiger partial charge in [0.2, 0.25) is 0 Å². The predicted molar refractivity (Wildman–Crippen MR) is 88.7 cm³/mol. The number of aromatic nitrogens is 6. The van der Waals surface area contributed by atoms with Crippen molar-refractivity contribution >= 4 is 28.0 Å². The van der Waals surface area contributed by atoms with E-state index in [9.17, 15) is 0 Å². The first-order chi connectivity index (χ1) is 11.4. The van der Waals surface area contributed by atoms with Crippen LogP contribution in [0.1, 0.15) is 0 Å². The number of para-hydroxylation sites is 1. The van der Waals surface area contributed by atoms with E-state index in [1.165, 1.54) is 0 Å². The van der Waals surface area contributed by atoms with Gasteiger partial charge in [-0.2, -0.15) is 5.10 Å². The third-order valence-corrected chi connectivity index (χ3v) is 4.51. The van der Waals surface area contributed by atoms with Crippen LogP contribution in [0.2, 0.25) is 0 Å². The van der Waals surface area contributed by atoms with Crippen LogP contribution in [0.15, 0.2) is 60.4 Å². The summed E-state index contributed by atoms with van der Waals surface area (Å²) >= 11 is 1.62. The third kappa shape index (κ3) is 1.87. The average Bonchev–Trinajstić information content (AvgIpc) is 3.32. The van der Waals surface area contributed by atoms with Gasteiger partial charge in [-0.3, -0.25) is 0 Å². The van der Waals surface area contributed by atoms with Gasteiger partial charge in [0.15, 0.2) is 17.1 Å². The second kappa shape index (κ2) is 4.72. The number of hydrogen-bond donors (Lipinski definition) is 0. The molecule has 0 radical (unpaired) electrons. The molecular weight excluding hydrogens is 308 g/mol. The fourth-order valence-corrected chi connectivity index (χ4v) is 3.24. The minimum atomic E-state index is 0.710. The van der Waals surface area contributed by atoms with Crippen LogP contribution in [0, 0.1) is 0 Å². The maximum Gasteiger partial charge on any atom is 0.192 e. The van der Waals surface area contributed by atoms with Crippen LogP contribution in [0.25, 0.3) is 33.1 Å². The van der Waals surface area contributed by atoms with E-state index in [0.29, 0.717) is 5.82 Å². The summed E-state index contributed by atoms with van der Waals surface area (Å²) in [5, 5.41) is 11.9. The van der Waals surface area contributed by atoms with Gasteiger partial charge in [0, 0.05) is 0 Å². The Morgan fingerprint density at radius 2 is 1.87 bits per heavy atom. The molecule has 0 spiro atoms. The van der Waals surface area contributed by atoms with Crippen LogP contribution < -0.4 is 0 Å². The van der Waals surface area contributed by atoms with E-state index in [2.05, 4.69) is 20.2 Å². The van der Waals surface area contributed by atoms with E-state index >= 15 is 0 Å². The van der Waals surface area contributed by atoms with Crippen molar-refractivity contribution in [2.24, 2.45) is 0 Å². The highest BCUT2D eigenvalue weighted by Gasteiger charge is 2.14. The third-order valence-electron chi connectivity index (χ3n) is 3.65. The largest absolute Gasteiger partial charge is 0.216 e. The minimum Gasteiger partial charge on any atom is -0.216 e. The molecule has 5 aromatic rings. The summed E-state index contributed by atoms with van der Waals surface area (Å²) in [4.78, 5) is 10.2. The molecule has 4 heterocycles.